The molecule has 164 valence electrons. The van der Waals surface area contributed by atoms with Gasteiger partial charge in [0.2, 0.25) is 5.95 Å². The Balaban J connectivity index is 1.45. The number of methoxy groups -OCH3 is 1. The zero-order chi connectivity index (χ0) is 22.7. The molecule has 3 aromatic heterocycles. The van der Waals surface area contributed by atoms with E-state index in [1.165, 1.54) is 13.2 Å². The summed E-state index contributed by atoms with van der Waals surface area (Å²) < 4.78 is 21.6. The molecule has 3 heterocycles. The van der Waals surface area contributed by atoms with E-state index in [1.54, 1.807) is 25.4 Å². The van der Waals surface area contributed by atoms with Crippen LogP contribution in [0, 0.1) is 12.7 Å². The van der Waals surface area contributed by atoms with E-state index in [1.807, 2.05) is 29.7 Å². The minimum atomic E-state index is -0.446. The second-order valence-electron chi connectivity index (χ2n) is 7.36. The van der Waals surface area contributed by atoms with Gasteiger partial charge in [0.1, 0.15) is 5.82 Å². The maximum Gasteiger partial charge on any atom is 0.227 e. The number of benzene rings is 1. The molecule has 0 saturated carbocycles. The van der Waals surface area contributed by atoms with Crippen LogP contribution in [0.25, 0.3) is 5.65 Å². The van der Waals surface area contributed by atoms with Crippen LogP contribution < -0.4 is 10.1 Å². The third kappa shape index (κ3) is 4.41. The number of aromatic nitrogens is 5. The maximum atomic E-state index is 14.7. The highest BCUT2D eigenvalue weighted by Gasteiger charge is 2.15. The molecule has 9 heteroatoms. The molecule has 0 aliphatic heterocycles. The van der Waals surface area contributed by atoms with Gasteiger partial charge in [0.05, 0.1) is 7.11 Å². The van der Waals surface area contributed by atoms with Gasteiger partial charge in [-0.25, -0.2) is 14.4 Å². The summed E-state index contributed by atoms with van der Waals surface area (Å²) in [7, 11) is 1.39. The van der Waals surface area contributed by atoms with Crippen LogP contribution >= 0.6 is 0 Å². The van der Waals surface area contributed by atoms with Gasteiger partial charge in [0.15, 0.2) is 23.0 Å². The summed E-state index contributed by atoms with van der Waals surface area (Å²) in [6.45, 7) is 3.66. The van der Waals surface area contributed by atoms with Gasteiger partial charge in [-0.3, -0.25) is 9.20 Å². The van der Waals surface area contributed by atoms with Crippen LogP contribution in [0.15, 0.2) is 42.9 Å². The largest absolute Gasteiger partial charge is 0.494 e. The first-order valence-corrected chi connectivity index (χ1v) is 10.3. The molecule has 0 spiro atoms. The van der Waals surface area contributed by atoms with E-state index >= 15 is 0 Å². The number of anilines is 2. The maximum absolute atomic E-state index is 14.7. The predicted molar refractivity (Wildman–Crippen MR) is 118 cm³/mol. The molecule has 0 radical (unpaired) electrons. The average Bonchev–Trinajstić information content (AvgIpc) is 3.18. The highest BCUT2D eigenvalue weighted by molar-refractivity contribution is 5.96. The minimum absolute atomic E-state index is 0.0530. The summed E-state index contributed by atoms with van der Waals surface area (Å²) in [4.78, 5) is 20.8. The Morgan fingerprint density at radius 2 is 1.94 bits per heavy atom. The van der Waals surface area contributed by atoms with Crippen molar-refractivity contribution in [3.63, 3.8) is 0 Å². The number of hydrogen-bond donors (Lipinski definition) is 1. The topological polar surface area (TPSA) is 94.3 Å². The third-order valence-corrected chi connectivity index (χ3v) is 5.20. The number of nitrogens with zero attached hydrogens (tertiary/aromatic N) is 5. The molecule has 0 aliphatic rings. The van der Waals surface area contributed by atoms with Crippen LogP contribution in [0.4, 0.5) is 16.0 Å². The molecular weight excluding hydrogens is 411 g/mol. The van der Waals surface area contributed by atoms with E-state index < -0.39 is 5.82 Å². The lowest BCUT2D eigenvalue weighted by Gasteiger charge is -2.11. The molecule has 0 unspecified atom stereocenters. The molecule has 0 fully saturated rings. The lowest BCUT2D eigenvalue weighted by molar-refractivity contribution is 0.0987. The van der Waals surface area contributed by atoms with Crippen LogP contribution in [0.1, 0.15) is 40.7 Å². The van der Waals surface area contributed by atoms with E-state index in [2.05, 4.69) is 25.5 Å². The summed E-state index contributed by atoms with van der Waals surface area (Å²) in [5.41, 5.74) is 3.26. The van der Waals surface area contributed by atoms with Gasteiger partial charge in [-0.2, -0.15) is 0 Å². The highest BCUT2D eigenvalue weighted by Crippen LogP contribution is 2.25. The van der Waals surface area contributed by atoms with E-state index in [0.717, 1.165) is 22.7 Å². The third-order valence-electron chi connectivity index (χ3n) is 5.20. The molecular formula is C23H23FN6O2. The number of ketones is 1. The Morgan fingerprint density at radius 1 is 1.16 bits per heavy atom. The fourth-order valence-corrected chi connectivity index (χ4v) is 3.40. The Bertz CT molecular complexity index is 1270. The standard InChI is InChI=1S/C23H23FN6O2/c1-4-19(31)17-9-16(22(24)20(10-17)32-3)6-5-15-12-25-23(26-13-15)27-18-7-8-30-14(2)28-29-21(30)11-18/h7-13H,4-6H2,1-3H3,(H,25,26,27). The summed E-state index contributed by atoms with van der Waals surface area (Å²) in [6, 6.07) is 6.80. The molecule has 0 aliphatic carbocycles. The smallest absolute Gasteiger partial charge is 0.227 e. The lowest BCUT2D eigenvalue weighted by Crippen LogP contribution is -2.05. The molecule has 0 saturated heterocycles. The minimum Gasteiger partial charge on any atom is -0.494 e. The molecule has 0 amide bonds. The van der Waals surface area contributed by atoms with Crippen molar-refractivity contribution in [2.45, 2.75) is 33.1 Å². The lowest BCUT2D eigenvalue weighted by atomic mass is 10.00. The fourth-order valence-electron chi connectivity index (χ4n) is 3.40. The summed E-state index contributed by atoms with van der Waals surface area (Å²) in [5, 5.41) is 11.3. The molecule has 1 N–H and O–H groups in total. The van der Waals surface area contributed by atoms with Crippen molar-refractivity contribution >= 4 is 23.1 Å². The quantitative estimate of drug-likeness (QED) is 0.417. The summed E-state index contributed by atoms with van der Waals surface area (Å²) in [6.07, 6.45) is 6.54. The monoisotopic (exact) mass is 434 g/mol. The van der Waals surface area contributed by atoms with Crippen LogP contribution in [-0.4, -0.2) is 37.5 Å². The SMILES string of the molecule is CCC(=O)c1cc(CCc2cnc(Nc3ccn4c(C)nnc4c3)nc2)c(F)c(OC)c1. The Hall–Kier alpha value is -3.88. The highest BCUT2D eigenvalue weighted by atomic mass is 19.1. The van der Waals surface area contributed by atoms with Gasteiger partial charge in [-0.1, -0.05) is 6.92 Å². The number of fused-ring (bicyclic) bond motifs is 1. The van der Waals surface area contributed by atoms with E-state index in [4.69, 9.17) is 4.74 Å². The van der Waals surface area contributed by atoms with Crippen molar-refractivity contribution in [3.05, 3.63) is 71.2 Å². The summed E-state index contributed by atoms with van der Waals surface area (Å²) >= 11 is 0. The van der Waals surface area contributed by atoms with Gasteiger partial charge in [-0.15, -0.1) is 10.2 Å². The van der Waals surface area contributed by atoms with Gasteiger partial charge >= 0.3 is 0 Å². The van der Waals surface area contributed by atoms with Crippen LogP contribution in [0.3, 0.4) is 0 Å². The van der Waals surface area contributed by atoms with E-state index in [9.17, 15) is 9.18 Å². The number of rotatable bonds is 8. The van der Waals surface area contributed by atoms with E-state index in [0.29, 0.717) is 36.3 Å². The van der Waals surface area contributed by atoms with Crippen molar-refractivity contribution in [2.75, 3.05) is 12.4 Å². The van der Waals surface area contributed by atoms with Crippen LogP contribution in [0.2, 0.25) is 0 Å². The number of nitrogens with one attached hydrogen (secondary N) is 1. The average molecular weight is 434 g/mol. The normalized spacial score (nSPS) is 11.0. The van der Waals surface area contributed by atoms with Crippen LogP contribution in [-0.2, 0) is 12.8 Å². The number of halogens is 1. The van der Waals surface area contributed by atoms with Gasteiger partial charge in [0, 0.05) is 42.3 Å². The number of ether oxygens (including phenoxy) is 1. The van der Waals surface area contributed by atoms with Crippen molar-refractivity contribution in [3.8, 4) is 5.75 Å². The van der Waals surface area contributed by atoms with Crippen molar-refractivity contribution in [1.82, 2.24) is 24.6 Å². The number of carbonyl (C=O) groups is 1. The fraction of sp³-hybridized carbons (Fsp3) is 0.261. The first-order valence-electron chi connectivity index (χ1n) is 10.3. The molecule has 4 aromatic rings. The molecule has 1 aromatic carbocycles. The van der Waals surface area contributed by atoms with Crippen LogP contribution in [0.5, 0.6) is 5.75 Å². The van der Waals surface area contributed by atoms with Gasteiger partial charge in [-0.05, 0) is 49.1 Å². The molecule has 0 atom stereocenters. The Labute approximate surface area is 184 Å². The number of aryl methyl sites for hydroxylation is 3. The first kappa shape index (κ1) is 21.4. The van der Waals surface area contributed by atoms with E-state index in [-0.39, 0.29) is 11.5 Å². The van der Waals surface area contributed by atoms with Crippen molar-refractivity contribution < 1.29 is 13.9 Å². The number of hydrogen-bond acceptors (Lipinski definition) is 7. The first-order chi connectivity index (χ1) is 15.5. The van der Waals surface area contributed by atoms with Crippen molar-refractivity contribution in [2.24, 2.45) is 0 Å². The predicted octanol–water partition coefficient (Wildman–Crippen LogP) is 4.10. The van der Waals surface area contributed by atoms with Gasteiger partial charge < -0.3 is 10.1 Å². The second-order valence-corrected chi connectivity index (χ2v) is 7.36. The molecule has 8 nitrogen and oxygen atoms in total. The number of carbonyl (C=O) groups excluding carboxylic acids is 1. The zero-order valence-electron chi connectivity index (χ0n) is 18.1. The Morgan fingerprint density at radius 3 is 2.66 bits per heavy atom. The molecule has 4 rings (SSSR count). The number of Topliss-reactive ketones (excluding diaryl/α,β-unsaturated/α-hetero) is 1. The zero-order valence-corrected chi connectivity index (χ0v) is 18.1. The van der Waals surface area contributed by atoms with Crippen molar-refractivity contribution in [1.29, 1.82) is 0 Å². The molecule has 32 heavy (non-hydrogen) atoms. The second kappa shape index (κ2) is 9.09. The summed E-state index contributed by atoms with van der Waals surface area (Å²) in [5.74, 6) is 0.833. The molecule has 0 bridgehead atoms. The number of pyridine rings is 1. The Kier molecular flexibility index (Phi) is 6.07. The van der Waals surface area contributed by atoms with Gasteiger partial charge in [0.25, 0.3) is 0 Å².